The van der Waals surface area contributed by atoms with E-state index in [2.05, 4.69) is 5.32 Å². The molecule has 3 rings (SSSR count). The molecule has 9 heteroatoms. The number of carbonyl (C=O) groups excluding carboxylic acids is 5. The van der Waals surface area contributed by atoms with E-state index in [1.54, 1.807) is 24.3 Å². The van der Waals surface area contributed by atoms with Gasteiger partial charge in [-0.1, -0.05) is 45.7 Å². The number of hydrogen-bond acceptors (Lipinski definition) is 7. The van der Waals surface area contributed by atoms with Crippen LogP contribution in [-0.4, -0.2) is 53.8 Å². The number of benzene rings is 2. The third-order valence-corrected chi connectivity index (χ3v) is 5.54. The Labute approximate surface area is 209 Å². The predicted molar refractivity (Wildman–Crippen MR) is 131 cm³/mol. The topological polar surface area (TPSA) is 119 Å². The van der Waals surface area contributed by atoms with Crippen molar-refractivity contribution in [2.75, 3.05) is 18.5 Å². The average Bonchev–Trinajstić information content (AvgIpc) is 3.12. The minimum absolute atomic E-state index is 0.217. The number of fused-ring (bicyclic) bond motifs is 1. The lowest BCUT2D eigenvalue weighted by atomic mass is 10.1. The normalized spacial score (nSPS) is 13.4. The molecule has 2 aromatic carbocycles. The molecule has 1 atom stereocenters. The second-order valence-electron chi connectivity index (χ2n) is 8.91. The Morgan fingerprint density at radius 2 is 1.53 bits per heavy atom. The summed E-state index contributed by atoms with van der Waals surface area (Å²) in [4.78, 5) is 63.8. The Bertz CT molecular complexity index is 1110. The van der Waals surface area contributed by atoms with E-state index in [0.717, 1.165) is 11.3 Å². The number of hydrogen-bond donors (Lipinski definition) is 1. The van der Waals surface area contributed by atoms with Crippen LogP contribution in [0.3, 0.4) is 0 Å². The molecule has 0 bridgehead atoms. The molecule has 3 amide bonds. The molecule has 0 saturated carbocycles. The van der Waals surface area contributed by atoms with Crippen molar-refractivity contribution in [2.45, 2.75) is 46.1 Å². The van der Waals surface area contributed by atoms with Crippen LogP contribution < -0.4 is 5.32 Å². The lowest BCUT2D eigenvalue weighted by Gasteiger charge is -2.24. The van der Waals surface area contributed by atoms with Gasteiger partial charge in [0.05, 0.1) is 23.3 Å². The molecule has 0 aromatic heterocycles. The van der Waals surface area contributed by atoms with E-state index < -0.39 is 42.3 Å². The monoisotopic (exact) mass is 494 g/mol. The van der Waals surface area contributed by atoms with Crippen molar-refractivity contribution in [1.29, 1.82) is 0 Å². The van der Waals surface area contributed by atoms with Crippen LogP contribution in [0.25, 0.3) is 0 Å². The van der Waals surface area contributed by atoms with Gasteiger partial charge in [-0.3, -0.25) is 19.3 Å². The fourth-order valence-electron chi connectivity index (χ4n) is 3.69. The van der Waals surface area contributed by atoms with Gasteiger partial charge in [-0.15, -0.1) is 0 Å². The summed E-state index contributed by atoms with van der Waals surface area (Å²) in [6.07, 6.45) is 1.57. The summed E-state index contributed by atoms with van der Waals surface area (Å²) < 4.78 is 10.4. The summed E-state index contributed by atoms with van der Waals surface area (Å²) in [5, 5.41) is 2.58. The number of amides is 3. The average molecular weight is 495 g/mol. The van der Waals surface area contributed by atoms with Crippen molar-refractivity contribution in [3.05, 3.63) is 65.2 Å². The van der Waals surface area contributed by atoms with Crippen LogP contribution in [0.15, 0.2) is 48.5 Å². The molecule has 36 heavy (non-hydrogen) atoms. The summed E-state index contributed by atoms with van der Waals surface area (Å²) in [7, 11) is 0. The molecule has 0 saturated heterocycles. The van der Waals surface area contributed by atoms with Crippen molar-refractivity contribution in [1.82, 2.24) is 4.90 Å². The second-order valence-corrected chi connectivity index (χ2v) is 8.91. The zero-order valence-electron chi connectivity index (χ0n) is 20.6. The van der Waals surface area contributed by atoms with Crippen molar-refractivity contribution in [3.63, 3.8) is 0 Å². The first kappa shape index (κ1) is 26.6. The first-order chi connectivity index (χ1) is 17.2. The molecule has 1 aliphatic rings. The van der Waals surface area contributed by atoms with Crippen LogP contribution in [0.5, 0.6) is 0 Å². The molecule has 0 radical (unpaired) electrons. The number of unbranched alkanes of at least 4 members (excludes halogenated alkanes) is 1. The Morgan fingerprint density at radius 1 is 0.917 bits per heavy atom. The van der Waals surface area contributed by atoms with Gasteiger partial charge in [-0.2, -0.15) is 0 Å². The summed E-state index contributed by atoms with van der Waals surface area (Å²) in [6.45, 7) is 5.51. The third-order valence-electron chi connectivity index (χ3n) is 5.54. The van der Waals surface area contributed by atoms with Crippen LogP contribution >= 0.6 is 0 Å². The summed E-state index contributed by atoms with van der Waals surface area (Å²) in [6, 6.07) is 11.4. The van der Waals surface area contributed by atoms with Gasteiger partial charge in [0.2, 0.25) is 0 Å². The zero-order chi connectivity index (χ0) is 26.2. The summed E-state index contributed by atoms with van der Waals surface area (Å²) >= 11 is 0. The molecule has 1 N–H and O–H groups in total. The van der Waals surface area contributed by atoms with Gasteiger partial charge in [0.1, 0.15) is 6.04 Å². The standard InChI is InChI=1S/C27H30N2O7/c1-4-5-10-22(29-24(31)20-8-6-7-9-21(20)25(29)32)27(34)36-16-23(30)28-19-13-11-18(12-14-19)26(33)35-15-17(2)3/h6-9,11-14,17,22H,4-5,10,15-16H2,1-3H3,(H,28,30)/t22-/m0/s1. The van der Waals surface area contributed by atoms with Gasteiger partial charge in [-0.05, 0) is 48.7 Å². The number of imide groups is 1. The van der Waals surface area contributed by atoms with Gasteiger partial charge in [-0.25, -0.2) is 9.59 Å². The number of esters is 2. The highest BCUT2D eigenvalue weighted by atomic mass is 16.5. The molecule has 0 spiro atoms. The first-order valence-electron chi connectivity index (χ1n) is 11.9. The SMILES string of the molecule is CCCC[C@@H](C(=O)OCC(=O)Nc1ccc(C(=O)OCC(C)C)cc1)N1C(=O)c2ccccc2C1=O. The maximum atomic E-state index is 12.9. The molecular formula is C27H30N2O7. The maximum absolute atomic E-state index is 12.9. The van der Waals surface area contributed by atoms with E-state index in [1.807, 2.05) is 20.8 Å². The van der Waals surface area contributed by atoms with Crippen molar-refractivity contribution >= 4 is 35.3 Å². The van der Waals surface area contributed by atoms with Gasteiger partial charge in [0.15, 0.2) is 6.61 Å². The third kappa shape index (κ3) is 6.35. The van der Waals surface area contributed by atoms with Crippen LogP contribution in [0.1, 0.15) is 71.1 Å². The zero-order valence-corrected chi connectivity index (χ0v) is 20.6. The number of carbonyl (C=O) groups is 5. The molecular weight excluding hydrogens is 464 g/mol. The highest BCUT2D eigenvalue weighted by Crippen LogP contribution is 2.27. The van der Waals surface area contributed by atoms with Crippen LogP contribution in [0.4, 0.5) is 5.69 Å². The van der Waals surface area contributed by atoms with E-state index >= 15 is 0 Å². The van der Waals surface area contributed by atoms with E-state index in [0.29, 0.717) is 24.3 Å². The molecule has 1 heterocycles. The number of nitrogens with one attached hydrogen (secondary N) is 1. The molecule has 0 fully saturated rings. The van der Waals surface area contributed by atoms with E-state index in [-0.39, 0.29) is 23.5 Å². The first-order valence-corrected chi connectivity index (χ1v) is 11.9. The Kier molecular flexibility index (Phi) is 8.94. The van der Waals surface area contributed by atoms with Gasteiger partial charge >= 0.3 is 11.9 Å². The Balaban J connectivity index is 1.58. The molecule has 0 aliphatic carbocycles. The highest BCUT2D eigenvalue weighted by molar-refractivity contribution is 6.22. The number of anilines is 1. The lowest BCUT2D eigenvalue weighted by Crippen LogP contribution is -2.46. The Hall–Kier alpha value is -4.01. The number of nitrogens with zero attached hydrogens (tertiary/aromatic N) is 1. The van der Waals surface area contributed by atoms with E-state index in [4.69, 9.17) is 9.47 Å². The van der Waals surface area contributed by atoms with Crippen LogP contribution in [0.2, 0.25) is 0 Å². The summed E-state index contributed by atoms with van der Waals surface area (Å²) in [5.41, 5.74) is 1.23. The summed E-state index contributed by atoms with van der Waals surface area (Å²) in [5.74, 6) is -2.77. The van der Waals surface area contributed by atoms with E-state index in [1.165, 1.54) is 24.3 Å². The van der Waals surface area contributed by atoms with Crippen LogP contribution in [0, 0.1) is 5.92 Å². The van der Waals surface area contributed by atoms with Crippen molar-refractivity contribution in [2.24, 2.45) is 5.92 Å². The minimum Gasteiger partial charge on any atom is -0.462 e. The number of ether oxygens (including phenoxy) is 2. The quantitative estimate of drug-likeness (QED) is 0.372. The molecule has 1 aliphatic heterocycles. The smallest absolute Gasteiger partial charge is 0.338 e. The van der Waals surface area contributed by atoms with Gasteiger partial charge in [0.25, 0.3) is 17.7 Å². The van der Waals surface area contributed by atoms with E-state index in [9.17, 15) is 24.0 Å². The number of rotatable bonds is 11. The fraction of sp³-hybridized carbons (Fsp3) is 0.370. The lowest BCUT2D eigenvalue weighted by molar-refractivity contribution is -0.151. The van der Waals surface area contributed by atoms with Crippen LogP contribution in [-0.2, 0) is 19.1 Å². The predicted octanol–water partition coefficient (Wildman–Crippen LogP) is 3.84. The molecule has 190 valence electrons. The molecule has 0 unspecified atom stereocenters. The van der Waals surface area contributed by atoms with Crippen molar-refractivity contribution in [3.8, 4) is 0 Å². The maximum Gasteiger partial charge on any atom is 0.338 e. The minimum atomic E-state index is -1.12. The molecule has 9 nitrogen and oxygen atoms in total. The van der Waals surface area contributed by atoms with Crippen molar-refractivity contribution < 1.29 is 33.4 Å². The Morgan fingerprint density at radius 3 is 2.08 bits per heavy atom. The fourth-order valence-corrected chi connectivity index (χ4v) is 3.69. The highest BCUT2D eigenvalue weighted by Gasteiger charge is 2.43. The van der Waals surface area contributed by atoms with Gasteiger partial charge < -0.3 is 14.8 Å². The largest absolute Gasteiger partial charge is 0.462 e. The second kappa shape index (κ2) is 12.1. The van der Waals surface area contributed by atoms with Gasteiger partial charge in [0, 0.05) is 5.69 Å². The molecule has 2 aromatic rings.